The Morgan fingerprint density at radius 1 is 1.08 bits per heavy atom. The number of para-hydroxylation sites is 1. The molecule has 0 radical (unpaired) electrons. The van der Waals surface area contributed by atoms with Crippen LogP contribution in [0.2, 0.25) is 0 Å². The first-order chi connectivity index (χ1) is 12.0. The second kappa shape index (κ2) is 6.94. The smallest absolute Gasteiger partial charge is 0.338 e. The first-order valence-electron chi connectivity index (χ1n) is 7.56. The summed E-state index contributed by atoms with van der Waals surface area (Å²) in [4.78, 5) is 0.0450. The Labute approximate surface area is 145 Å². The van der Waals surface area contributed by atoms with E-state index >= 15 is 0 Å². The molecule has 0 N–H and O–H groups in total. The Morgan fingerprint density at radius 3 is 2.56 bits per heavy atom. The quantitative estimate of drug-likeness (QED) is 0.380. The highest BCUT2D eigenvalue weighted by molar-refractivity contribution is 7.86. The molecule has 0 saturated carbocycles. The number of rotatable bonds is 5. The van der Waals surface area contributed by atoms with Gasteiger partial charge < -0.3 is 4.18 Å². The van der Waals surface area contributed by atoms with E-state index in [4.69, 9.17) is 4.18 Å². The zero-order valence-corrected chi connectivity index (χ0v) is 14.3. The van der Waals surface area contributed by atoms with Crippen molar-refractivity contribution in [1.29, 1.82) is 0 Å². The van der Waals surface area contributed by atoms with Crippen molar-refractivity contribution in [3.63, 3.8) is 0 Å². The van der Waals surface area contributed by atoms with Crippen molar-refractivity contribution >= 4 is 27.0 Å². The summed E-state index contributed by atoms with van der Waals surface area (Å²) in [7, 11) is -3.91. The van der Waals surface area contributed by atoms with Crippen LogP contribution in [-0.2, 0) is 14.3 Å². The molecule has 1 heterocycles. The summed E-state index contributed by atoms with van der Waals surface area (Å²) in [6, 6.07) is 15.4. The lowest BCUT2D eigenvalue weighted by Crippen LogP contribution is -2.01. The summed E-state index contributed by atoms with van der Waals surface area (Å²) in [5.74, 6) is -0.547. The minimum absolute atomic E-state index is 0.0450. The third-order valence-corrected chi connectivity index (χ3v) is 4.85. The van der Waals surface area contributed by atoms with Crippen molar-refractivity contribution in [1.82, 2.24) is 4.57 Å². The fourth-order valence-electron chi connectivity index (χ4n) is 2.33. The first-order valence-corrected chi connectivity index (χ1v) is 8.97. The molecule has 0 amide bonds. The summed E-state index contributed by atoms with van der Waals surface area (Å²) in [5.41, 5.74) is 1.66. The number of fused-ring (bicyclic) bond motifs is 1. The third kappa shape index (κ3) is 3.80. The lowest BCUT2D eigenvalue weighted by atomic mass is 10.2. The third-order valence-electron chi connectivity index (χ3n) is 3.63. The standard InChI is InChI=1S/C19H16FNO3S/c1-15-8-10-17(11-9-15)25(22,23)24-14-4-7-19(20)21-13-12-16-5-2-3-6-18(16)21/h2-14H,1H3/b14-4-,19-7-. The fraction of sp³-hybridized carbons (Fsp3) is 0.0526. The van der Waals surface area contributed by atoms with Gasteiger partial charge in [0, 0.05) is 11.6 Å². The molecule has 3 aromatic rings. The molecule has 0 bridgehead atoms. The lowest BCUT2D eigenvalue weighted by Gasteiger charge is -2.03. The molecule has 6 heteroatoms. The Bertz CT molecular complexity index is 1050. The molecule has 0 atom stereocenters. The molecule has 1 aromatic heterocycles. The summed E-state index contributed by atoms with van der Waals surface area (Å²) in [6.07, 6.45) is 4.89. The molecular weight excluding hydrogens is 341 g/mol. The normalized spacial score (nSPS) is 12.8. The van der Waals surface area contributed by atoms with Gasteiger partial charge in [-0.1, -0.05) is 35.9 Å². The van der Waals surface area contributed by atoms with Gasteiger partial charge in [0.1, 0.15) is 11.2 Å². The van der Waals surface area contributed by atoms with Gasteiger partial charge in [0.15, 0.2) is 5.95 Å². The van der Waals surface area contributed by atoms with Crippen LogP contribution in [-0.4, -0.2) is 13.0 Å². The maximum absolute atomic E-state index is 14.3. The van der Waals surface area contributed by atoms with Crippen molar-refractivity contribution in [2.45, 2.75) is 11.8 Å². The molecule has 2 aromatic carbocycles. The Hall–Kier alpha value is -2.86. The van der Waals surface area contributed by atoms with Gasteiger partial charge in [0.25, 0.3) is 0 Å². The fourth-order valence-corrected chi connectivity index (χ4v) is 3.12. The Morgan fingerprint density at radius 2 is 1.80 bits per heavy atom. The largest absolute Gasteiger partial charge is 0.387 e. The highest BCUT2D eigenvalue weighted by Gasteiger charge is 2.13. The van der Waals surface area contributed by atoms with E-state index in [1.54, 1.807) is 30.5 Å². The Kier molecular flexibility index (Phi) is 4.72. The van der Waals surface area contributed by atoms with Crippen molar-refractivity contribution < 1.29 is 17.0 Å². The Balaban J connectivity index is 1.74. The average molecular weight is 357 g/mol. The minimum Gasteiger partial charge on any atom is -0.387 e. The molecular formula is C19H16FNO3S. The van der Waals surface area contributed by atoms with Crippen molar-refractivity contribution in [3.8, 4) is 0 Å². The van der Waals surface area contributed by atoms with Gasteiger partial charge in [0.2, 0.25) is 0 Å². The molecule has 0 unspecified atom stereocenters. The number of hydrogen-bond acceptors (Lipinski definition) is 3. The second-order valence-electron chi connectivity index (χ2n) is 5.43. The van der Waals surface area contributed by atoms with Crippen LogP contribution in [0, 0.1) is 6.92 Å². The van der Waals surface area contributed by atoms with Crippen LogP contribution in [0.25, 0.3) is 16.9 Å². The summed E-state index contributed by atoms with van der Waals surface area (Å²) < 4.78 is 44.4. The zero-order chi connectivity index (χ0) is 17.9. The number of nitrogens with zero attached hydrogens (tertiary/aromatic N) is 1. The van der Waals surface area contributed by atoms with E-state index in [2.05, 4.69) is 0 Å². The van der Waals surface area contributed by atoms with Crippen LogP contribution >= 0.6 is 0 Å². The van der Waals surface area contributed by atoms with Crippen LogP contribution in [0.4, 0.5) is 4.39 Å². The van der Waals surface area contributed by atoms with E-state index in [-0.39, 0.29) is 4.90 Å². The maximum Gasteiger partial charge on any atom is 0.338 e. The van der Waals surface area contributed by atoms with Gasteiger partial charge in [-0.05, 0) is 43.3 Å². The SMILES string of the molecule is Cc1ccc(S(=O)(=O)O/C=C\C=C(\F)n2ccc3ccccc32)cc1. The van der Waals surface area contributed by atoms with E-state index in [0.29, 0.717) is 0 Å². The number of hydrogen-bond donors (Lipinski definition) is 0. The predicted octanol–water partition coefficient (Wildman–Crippen LogP) is 4.64. The number of halogens is 1. The molecule has 0 aliphatic rings. The van der Waals surface area contributed by atoms with Gasteiger partial charge in [-0.25, -0.2) is 0 Å². The van der Waals surface area contributed by atoms with Gasteiger partial charge in [-0.2, -0.15) is 12.8 Å². The summed E-state index contributed by atoms with van der Waals surface area (Å²) >= 11 is 0. The topological polar surface area (TPSA) is 48.3 Å². The highest BCUT2D eigenvalue weighted by atomic mass is 32.2. The number of aromatic nitrogens is 1. The number of aryl methyl sites for hydroxylation is 1. The van der Waals surface area contributed by atoms with Crippen LogP contribution in [0.1, 0.15) is 5.56 Å². The van der Waals surface area contributed by atoms with Crippen LogP contribution in [0.5, 0.6) is 0 Å². The molecule has 0 fully saturated rings. The van der Waals surface area contributed by atoms with Crippen LogP contribution in [0.3, 0.4) is 0 Å². The molecule has 3 rings (SSSR count). The summed E-state index contributed by atoms with van der Waals surface area (Å²) in [5, 5.41) is 0.910. The van der Waals surface area contributed by atoms with Gasteiger partial charge in [-0.15, -0.1) is 0 Å². The molecule has 0 saturated heterocycles. The lowest BCUT2D eigenvalue weighted by molar-refractivity contribution is 0.443. The minimum atomic E-state index is -3.91. The van der Waals surface area contributed by atoms with Gasteiger partial charge in [0.05, 0.1) is 5.52 Å². The van der Waals surface area contributed by atoms with E-state index in [0.717, 1.165) is 28.8 Å². The average Bonchev–Trinajstić information content (AvgIpc) is 3.03. The van der Waals surface area contributed by atoms with Gasteiger partial charge in [-0.3, -0.25) is 4.57 Å². The van der Waals surface area contributed by atoms with Crippen LogP contribution in [0.15, 0.2) is 84.1 Å². The van der Waals surface area contributed by atoms with E-state index in [1.807, 2.05) is 25.1 Å². The maximum atomic E-state index is 14.3. The first kappa shape index (κ1) is 17.0. The van der Waals surface area contributed by atoms with Crippen molar-refractivity contribution in [3.05, 3.63) is 84.8 Å². The van der Waals surface area contributed by atoms with Gasteiger partial charge >= 0.3 is 10.1 Å². The van der Waals surface area contributed by atoms with Crippen molar-refractivity contribution in [2.75, 3.05) is 0 Å². The monoisotopic (exact) mass is 357 g/mol. The van der Waals surface area contributed by atoms with E-state index < -0.39 is 16.1 Å². The van der Waals surface area contributed by atoms with Crippen molar-refractivity contribution in [2.24, 2.45) is 0 Å². The molecule has 128 valence electrons. The highest BCUT2D eigenvalue weighted by Crippen LogP contribution is 2.20. The molecule has 0 aliphatic heterocycles. The predicted molar refractivity (Wildman–Crippen MR) is 95.9 cm³/mol. The molecule has 0 spiro atoms. The molecule has 0 aliphatic carbocycles. The van der Waals surface area contributed by atoms with E-state index in [9.17, 15) is 12.8 Å². The molecule has 4 nitrogen and oxygen atoms in total. The number of allylic oxidation sites excluding steroid dienone is 2. The van der Waals surface area contributed by atoms with Crippen LogP contribution < -0.4 is 0 Å². The second-order valence-corrected chi connectivity index (χ2v) is 7.00. The zero-order valence-electron chi connectivity index (χ0n) is 13.5. The summed E-state index contributed by atoms with van der Waals surface area (Å²) in [6.45, 7) is 1.86. The number of benzene rings is 2. The molecule has 25 heavy (non-hydrogen) atoms. The van der Waals surface area contributed by atoms with E-state index in [1.165, 1.54) is 22.8 Å².